The second-order valence-electron chi connectivity index (χ2n) is 10.3. The van der Waals surface area contributed by atoms with Crippen molar-refractivity contribution in [2.75, 3.05) is 39.4 Å². The minimum absolute atomic E-state index is 0.0213. The fraction of sp³-hybridized carbons (Fsp3) is 0.519. The van der Waals surface area contributed by atoms with E-state index in [1.54, 1.807) is 0 Å². The molecule has 13 heteroatoms. The number of rotatable bonds is 11. The van der Waals surface area contributed by atoms with Gasteiger partial charge in [0.05, 0.1) is 40.6 Å². The van der Waals surface area contributed by atoms with Crippen molar-refractivity contribution in [1.29, 1.82) is 0 Å². The Kier molecular flexibility index (Phi) is 9.48. The van der Waals surface area contributed by atoms with Crippen LogP contribution in [0, 0.1) is 29.3 Å². The topological polar surface area (TPSA) is 111 Å². The molecule has 2 aliphatic rings. The van der Waals surface area contributed by atoms with E-state index in [-0.39, 0.29) is 71.8 Å². The van der Waals surface area contributed by atoms with Gasteiger partial charge in [0.1, 0.15) is 6.10 Å². The number of methoxy groups -OCH3 is 2. The molecule has 2 fully saturated rings. The lowest BCUT2D eigenvalue weighted by Crippen LogP contribution is -2.52. The van der Waals surface area contributed by atoms with Crippen LogP contribution in [0.25, 0.3) is 0 Å². The van der Waals surface area contributed by atoms with Crippen LogP contribution in [0.15, 0.2) is 35.2 Å². The molecule has 0 saturated heterocycles. The summed E-state index contributed by atoms with van der Waals surface area (Å²) in [6, 6.07) is 4.85. The van der Waals surface area contributed by atoms with Crippen molar-refractivity contribution >= 4 is 33.0 Å². The van der Waals surface area contributed by atoms with Gasteiger partial charge in [0, 0.05) is 37.6 Å². The number of carbonyl (C=O) groups excluding carboxylic acids is 1. The molecule has 40 heavy (non-hydrogen) atoms. The molecule has 220 valence electrons. The Balaban J connectivity index is 1.51. The number of hydrogen-bond donors (Lipinski definition) is 2. The summed E-state index contributed by atoms with van der Waals surface area (Å²) in [4.78, 5) is 12.5. The summed E-state index contributed by atoms with van der Waals surface area (Å²) < 4.78 is 84.0. The predicted octanol–water partition coefficient (Wildman–Crippen LogP) is 4.38. The second-order valence-corrected chi connectivity index (χ2v) is 12.9. The summed E-state index contributed by atoms with van der Waals surface area (Å²) >= 11 is 6.27. The van der Waals surface area contributed by atoms with E-state index in [4.69, 9.17) is 25.8 Å². The monoisotopic (exact) mass is 605 g/mol. The number of anilines is 1. The van der Waals surface area contributed by atoms with Crippen molar-refractivity contribution in [3.8, 4) is 0 Å². The van der Waals surface area contributed by atoms with E-state index in [2.05, 4.69) is 5.32 Å². The molecule has 2 bridgehead atoms. The van der Waals surface area contributed by atoms with Crippen LogP contribution in [0.5, 0.6) is 0 Å². The zero-order valence-corrected chi connectivity index (χ0v) is 23.5. The number of ether oxygens (including phenoxy) is 3. The van der Waals surface area contributed by atoms with Gasteiger partial charge in [-0.3, -0.25) is 4.79 Å². The Morgan fingerprint density at radius 2 is 1.65 bits per heavy atom. The fourth-order valence-corrected chi connectivity index (χ4v) is 8.14. The SMILES string of the molecule is COCC(COC)OCC1(O)C2CC[C@H]1CC(S(=O)(=O)c1cc(C(=O)Nc3cc(F)c(F)c(F)c3)ccc1Cl)C2. The molecule has 2 N–H and O–H groups in total. The van der Waals surface area contributed by atoms with E-state index >= 15 is 0 Å². The van der Waals surface area contributed by atoms with Gasteiger partial charge in [-0.2, -0.15) is 0 Å². The van der Waals surface area contributed by atoms with Gasteiger partial charge in [-0.25, -0.2) is 21.6 Å². The molecule has 0 radical (unpaired) electrons. The molecule has 0 spiro atoms. The Morgan fingerprint density at radius 3 is 2.20 bits per heavy atom. The predicted molar refractivity (Wildman–Crippen MR) is 141 cm³/mol. The Bertz CT molecular complexity index is 1320. The maximum atomic E-state index is 13.7. The number of sulfone groups is 1. The highest BCUT2D eigenvalue weighted by Crippen LogP contribution is 2.52. The summed E-state index contributed by atoms with van der Waals surface area (Å²) in [5.41, 5.74) is -1.67. The molecule has 1 amide bonds. The number of amides is 1. The smallest absolute Gasteiger partial charge is 0.255 e. The molecule has 4 atom stereocenters. The van der Waals surface area contributed by atoms with Gasteiger partial charge >= 0.3 is 0 Å². The Labute approximate surface area is 235 Å². The van der Waals surface area contributed by atoms with Gasteiger partial charge in [0.25, 0.3) is 5.91 Å². The average molecular weight is 606 g/mol. The first kappa shape index (κ1) is 30.7. The zero-order valence-electron chi connectivity index (χ0n) is 22.0. The largest absolute Gasteiger partial charge is 0.387 e. The Morgan fingerprint density at radius 1 is 1.07 bits per heavy atom. The number of nitrogens with one attached hydrogen (secondary N) is 1. The van der Waals surface area contributed by atoms with Crippen LogP contribution in [0.2, 0.25) is 5.02 Å². The molecule has 8 nitrogen and oxygen atoms in total. The van der Waals surface area contributed by atoms with Crippen LogP contribution in [-0.2, 0) is 24.0 Å². The van der Waals surface area contributed by atoms with Crippen LogP contribution >= 0.6 is 11.6 Å². The summed E-state index contributed by atoms with van der Waals surface area (Å²) in [6.45, 7) is 0.584. The van der Waals surface area contributed by atoms with Crippen LogP contribution < -0.4 is 5.32 Å². The molecule has 2 saturated carbocycles. The standard InChI is InChI=1S/C27H31ClF3NO7S/c1-37-12-19(13-38-2)39-14-27(34)16-4-5-17(27)9-20(8-16)40(35,36)24-7-15(3-6-21(24)28)26(33)32-18-10-22(29)25(31)23(30)11-18/h3,6-7,10-11,16-17,19-20,34H,4-5,8-9,12-14H2,1-2H3,(H,32,33)/t16-,17?,20?,27?/m0/s1. The van der Waals surface area contributed by atoms with Gasteiger partial charge in [-0.05, 0) is 55.7 Å². The number of hydrogen-bond acceptors (Lipinski definition) is 7. The van der Waals surface area contributed by atoms with E-state index in [1.165, 1.54) is 26.4 Å². The van der Waals surface area contributed by atoms with Crippen molar-refractivity contribution < 1.29 is 45.7 Å². The maximum absolute atomic E-state index is 13.7. The highest BCUT2D eigenvalue weighted by atomic mass is 35.5. The van der Waals surface area contributed by atoms with Crippen molar-refractivity contribution in [1.82, 2.24) is 0 Å². The van der Waals surface area contributed by atoms with Crippen molar-refractivity contribution in [2.45, 2.75) is 47.5 Å². The molecule has 2 aromatic rings. The van der Waals surface area contributed by atoms with E-state index in [9.17, 15) is 31.5 Å². The highest BCUT2D eigenvalue weighted by molar-refractivity contribution is 7.92. The minimum atomic E-state index is -4.04. The summed E-state index contributed by atoms with van der Waals surface area (Å²) in [5.74, 6) is -6.17. The lowest BCUT2D eigenvalue weighted by atomic mass is 9.75. The molecular formula is C27H31ClF3NO7S. The van der Waals surface area contributed by atoms with Crippen LogP contribution in [0.4, 0.5) is 18.9 Å². The molecule has 0 aliphatic heterocycles. The first-order valence-electron chi connectivity index (χ1n) is 12.7. The van der Waals surface area contributed by atoms with Gasteiger partial charge < -0.3 is 24.6 Å². The maximum Gasteiger partial charge on any atom is 0.255 e. The van der Waals surface area contributed by atoms with Crippen LogP contribution in [0.3, 0.4) is 0 Å². The lowest BCUT2D eigenvalue weighted by molar-refractivity contribution is -0.145. The van der Waals surface area contributed by atoms with E-state index < -0.39 is 44.0 Å². The van der Waals surface area contributed by atoms with Crippen molar-refractivity contribution in [2.24, 2.45) is 11.8 Å². The normalized spacial score (nSPS) is 24.4. The van der Waals surface area contributed by atoms with E-state index in [1.807, 2.05) is 0 Å². The van der Waals surface area contributed by atoms with Gasteiger partial charge in [-0.1, -0.05) is 11.6 Å². The first-order chi connectivity index (χ1) is 18.9. The summed E-state index contributed by atoms with van der Waals surface area (Å²) in [6.07, 6.45) is 1.25. The lowest BCUT2D eigenvalue weighted by Gasteiger charge is -2.42. The van der Waals surface area contributed by atoms with Gasteiger partial charge in [0.15, 0.2) is 27.3 Å². The van der Waals surface area contributed by atoms with Gasteiger partial charge in [0.2, 0.25) is 0 Å². The quantitative estimate of drug-likeness (QED) is 0.366. The van der Waals surface area contributed by atoms with Crippen molar-refractivity contribution in [3.63, 3.8) is 0 Å². The molecule has 3 unspecified atom stereocenters. The van der Waals surface area contributed by atoms with Crippen LogP contribution in [-0.4, -0.2) is 70.4 Å². The number of carbonyl (C=O) groups is 1. The molecule has 0 heterocycles. The zero-order chi connectivity index (χ0) is 29.2. The number of benzene rings is 2. The number of halogens is 4. The first-order valence-corrected chi connectivity index (χ1v) is 14.6. The minimum Gasteiger partial charge on any atom is -0.387 e. The number of aliphatic hydroxyl groups is 1. The average Bonchev–Trinajstić information content (AvgIpc) is 3.06. The summed E-state index contributed by atoms with van der Waals surface area (Å²) in [5, 5.41) is 12.8. The molecule has 2 aromatic carbocycles. The number of fused-ring (bicyclic) bond motifs is 2. The van der Waals surface area contributed by atoms with E-state index in [0.717, 1.165) is 6.07 Å². The molecule has 4 rings (SSSR count). The third kappa shape index (κ3) is 6.17. The van der Waals surface area contributed by atoms with Gasteiger partial charge in [-0.15, -0.1) is 0 Å². The van der Waals surface area contributed by atoms with E-state index in [0.29, 0.717) is 25.0 Å². The molecule has 2 aliphatic carbocycles. The van der Waals surface area contributed by atoms with Crippen LogP contribution in [0.1, 0.15) is 36.0 Å². The Hall–Kier alpha value is -2.22. The fourth-order valence-electron chi connectivity index (χ4n) is 5.74. The third-order valence-electron chi connectivity index (χ3n) is 7.81. The third-order valence-corrected chi connectivity index (χ3v) is 10.5. The summed E-state index contributed by atoms with van der Waals surface area (Å²) in [7, 11) is -0.970. The van der Waals surface area contributed by atoms with Crippen molar-refractivity contribution in [3.05, 3.63) is 58.4 Å². The molecule has 0 aromatic heterocycles. The second kappa shape index (κ2) is 12.3. The highest BCUT2D eigenvalue weighted by Gasteiger charge is 2.56. The molecular weight excluding hydrogens is 575 g/mol.